The lowest BCUT2D eigenvalue weighted by molar-refractivity contribution is -0.107. The first kappa shape index (κ1) is 18.2. The zero-order valence-electron chi connectivity index (χ0n) is 13.9. The summed E-state index contributed by atoms with van der Waals surface area (Å²) >= 11 is 0. The van der Waals surface area contributed by atoms with Crippen LogP contribution in [0, 0.1) is 11.8 Å². The molecule has 1 heteroatoms. The molecule has 0 heterocycles. The molecule has 0 saturated heterocycles. The molecule has 0 aromatic rings. The van der Waals surface area contributed by atoms with E-state index in [4.69, 9.17) is 0 Å². The largest absolute Gasteiger partial charge is 0.303 e. The van der Waals surface area contributed by atoms with E-state index in [1.165, 1.54) is 57.8 Å². The fourth-order valence-corrected chi connectivity index (χ4v) is 3.28. The molecule has 1 saturated carbocycles. The lowest BCUT2D eigenvalue weighted by Gasteiger charge is -2.14. The third kappa shape index (κ3) is 8.90. The molecule has 120 valence electrons. The molecule has 1 aliphatic rings. The van der Waals surface area contributed by atoms with E-state index in [1.54, 1.807) is 0 Å². The van der Waals surface area contributed by atoms with E-state index in [1.807, 2.05) is 0 Å². The minimum atomic E-state index is 0.706. The van der Waals surface area contributed by atoms with E-state index in [2.05, 4.69) is 31.2 Å². The van der Waals surface area contributed by atoms with E-state index in [9.17, 15) is 4.79 Å². The van der Waals surface area contributed by atoms with Crippen LogP contribution in [0.3, 0.4) is 0 Å². The number of hydrogen-bond acceptors (Lipinski definition) is 1. The van der Waals surface area contributed by atoms with Crippen LogP contribution in [0.4, 0.5) is 0 Å². The van der Waals surface area contributed by atoms with Gasteiger partial charge in [-0.25, -0.2) is 0 Å². The predicted molar refractivity (Wildman–Crippen MR) is 92.4 cm³/mol. The van der Waals surface area contributed by atoms with E-state index in [0.717, 1.165) is 31.0 Å². The first-order valence-electron chi connectivity index (χ1n) is 9.13. The Morgan fingerprint density at radius 1 is 0.905 bits per heavy atom. The number of carbonyl (C=O) groups is 1. The number of carbonyl (C=O) groups excluding carboxylic acids is 1. The second-order valence-corrected chi connectivity index (χ2v) is 6.44. The maximum Gasteiger partial charge on any atom is 0.120 e. The van der Waals surface area contributed by atoms with Crippen LogP contribution in [0.15, 0.2) is 24.3 Å². The van der Waals surface area contributed by atoms with Gasteiger partial charge in [-0.1, -0.05) is 56.9 Å². The summed E-state index contributed by atoms with van der Waals surface area (Å²) in [5.41, 5.74) is 0. The van der Waals surface area contributed by atoms with Gasteiger partial charge in [-0.3, -0.25) is 0 Å². The Bertz CT molecular complexity index is 303. The van der Waals surface area contributed by atoms with Gasteiger partial charge in [0.2, 0.25) is 0 Å². The van der Waals surface area contributed by atoms with Gasteiger partial charge in [0.15, 0.2) is 0 Å². The van der Waals surface area contributed by atoms with E-state index in [0.29, 0.717) is 6.42 Å². The van der Waals surface area contributed by atoms with Crippen molar-refractivity contribution < 1.29 is 4.79 Å². The van der Waals surface area contributed by atoms with Crippen molar-refractivity contribution in [2.45, 2.75) is 84.0 Å². The van der Waals surface area contributed by atoms with Crippen molar-refractivity contribution >= 4 is 6.29 Å². The van der Waals surface area contributed by atoms with Gasteiger partial charge in [-0.15, -0.1) is 0 Å². The second kappa shape index (κ2) is 12.9. The Balaban J connectivity index is 2.15. The normalized spacial score (nSPS) is 22.5. The van der Waals surface area contributed by atoms with Gasteiger partial charge < -0.3 is 4.79 Å². The molecule has 1 rings (SSSR count). The summed E-state index contributed by atoms with van der Waals surface area (Å²) in [7, 11) is 0. The predicted octanol–water partition coefficient (Wildman–Crippen LogP) is 6.24. The summed E-state index contributed by atoms with van der Waals surface area (Å²) in [5, 5.41) is 0. The Labute approximate surface area is 131 Å². The number of unbranched alkanes of at least 4 members (excludes halogenated alkanes) is 6. The van der Waals surface area contributed by atoms with Crippen molar-refractivity contribution in [2.24, 2.45) is 11.8 Å². The molecule has 0 aromatic heterocycles. The molecule has 0 N–H and O–H groups in total. The fraction of sp³-hybridized carbons (Fsp3) is 0.750. The zero-order valence-corrected chi connectivity index (χ0v) is 13.9. The van der Waals surface area contributed by atoms with Crippen LogP contribution in [0.1, 0.15) is 84.0 Å². The lowest BCUT2D eigenvalue weighted by Crippen LogP contribution is -2.03. The fourth-order valence-electron chi connectivity index (χ4n) is 3.28. The van der Waals surface area contributed by atoms with Crippen molar-refractivity contribution in [1.82, 2.24) is 0 Å². The molecule has 0 bridgehead atoms. The van der Waals surface area contributed by atoms with Crippen LogP contribution in [-0.4, -0.2) is 6.29 Å². The highest BCUT2D eigenvalue weighted by atomic mass is 16.1. The summed E-state index contributed by atoms with van der Waals surface area (Å²) in [4.78, 5) is 10.2. The maximum atomic E-state index is 10.2. The highest BCUT2D eigenvalue weighted by Crippen LogP contribution is 2.35. The molecule has 0 aromatic carbocycles. The van der Waals surface area contributed by atoms with Gasteiger partial charge in [-0.05, 0) is 56.8 Å². The monoisotopic (exact) mass is 290 g/mol. The average molecular weight is 290 g/mol. The highest BCUT2D eigenvalue weighted by Gasteiger charge is 2.23. The molecule has 0 spiro atoms. The number of allylic oxidation sites excluding steroid dienone is 4. The van der Waals surface area contributed by atoms with E-state index >= 15 is 0 Å². The SMILES string of the molecule is CCCCCCC=C[C@H]1CCC[C@@H]1CC=CCCCC=O. The zero-order chi connectivity index (χ0) is 15.2. The molecule has 2 atom stereocenters. The Kier molecular flexibility index (Phi) is 11.1. The number of rotatable bonds is 12. The average Bonchev–Trinajstić information content (AvgIpc) is 2.94. The summed E-state index contributed by atoms with van der Waals surface area (Å²) in [6, 6.07) is 0. The molecule has 0 unspecified atom stereocenters. The van der Waals surface area contributed by atoms with Gasteiger partial charge in [0.1, 0.15) is 6.29 Å². The Morgan fingerprint density at radius 3 is 2.57 bits per heavy atom. The molecule has 1 aliphatic carbocycles. The molecule has 21 heavy (non-hydrogen) atoms. The first-order valence-corrected chi connectivity index (χ1v) is 9.13. The third-order valence-electron chi connectivity index (χ3n) is 4.62. The molecule has 0 aliphatic heterocycles. The molecule has 0 radical (unpaired) electrons. The summed E-state index contributed by atoms with van der Waals surface area (Å²) in [6.07, 6.45) is 25.5. The van der Waals surface area contributed by atoms with E-state index < -0.39 is 0 Å². The topological polar surface area (TPSA) is 17.1 Å². The van der Waals surface area contributed by atoms with Crippen molar-refractivity contribution in [3.05, 3.63) is 24.3 Å². The van der Waals surface area contributed by atoms with Crippen molar-refractivity contribution in [2.75, 3.05) is 0 Å². The standard InChI is InChI=1S/C20H34O/c1-2-3-4-5-7-10-14-19-16-13-17-20(19)15-11-8-6-9-12-18-21/h8,10-11,14,18-20H,2-7,9,12-13,15-17H2,1H3/t19-,20-/m0/s1. The third-order valence-corrected chi connectivity index (χ3v) is 4.62. The highest BCUT2D eigenvalue weighted by molar-refractivity contribution is 5.48. The van der Waals surface area contributed by atoms with Crippen molar-refractivity contribution in [3.63, 3.8) is 0 Å². The Morgan fingerprint density at radius 2 is 1.76 bits per heavy atom. The molecular weight excluding hydrogens is 256 g/mol. The van der Waals surface area contributed by atoms with Gasteiger partial charge in [-0.2, -0.15) is 0 Å². The van der Waals surface area contributed by atoms with Crippen LogP contribution < -0.4 is 0 Å². The molecule has 1 fully saturated rings. The van der Waals surface area contributed by atoms with Gasteiger partial charge >= 0.3 is 0 Å². The maximum absolute atomic E-state index is 10.2. The quantitative estimate of drug-likeness (QED) is 0.236. The minimum Gasteiger partial charge on any atom is -0.303 e. The van der Waals surface area contributed by atoms with Crippen LogP contribution >= 0.6 is 0 Å². The molecule has 1 nitrogen and oxygen atoms in total. The van der Waals surface area contributed by atoms with Crippen LogP contribution in [0.25, 0.3) is 0 Å². The van der Waals surface area contributed by atoms with Crippen LogP contribution in [0.5, 0.6) is 0 Å². The van der Waals surface area contributed by atoms with Gasteiger partial charge in [0.05, 0.1) is 0 Å². The summed E-state index contributed by atoms with van der Waals surface area (Å²) in [6.45, 7) is 2.27. The first-order chi connectivity index (χ1) is 10.4. The summed E-state index contributed by atoms with van der Waals surface area (Å²) < 4.78 is 0. The number of aldehydes is 1. The second-order valence-electron chi connectivity index (χ2n) is 6.44. The molecule has 0 amide bonds. The van der Waals surface area contributed by atoms with Gasteiger partial charge in [0, 0.05) is 6.42 Å². The van der Waals surface area contributed by atoms with Crippen molar-refractivity contribution in [3.8, 4) is 0 Å². The summed E-state index contributed by atoms with van der Waals surface area (Å²) in [5.74, 6) is 1.68. The molecular formula is C20H34O. The van der Waals surface area contributed by atoms with Crippen molar-refractivity contribution in [1.29, 1.82) is 0 Å². The van der Waals surface area contributed by atoms with Crippen LogP contribution in [0.2, 0.25) is 0 Å². The number of hydrogen-bond donors (Lipinski definition) is 0. The van der Waals surface area contributed by atoms with Crippen LogP contribution in [-0.2, 0) is 4.79 Å². The van der Waals surface area contributed by atoms with E-state index in [-0.39, 0.29) is 0 Å². The van der Waals surface area contributed by atoms with Gasteiger partial charge in [0.25, 0.3) is 0 Å². The lowest BCUT2D eigenvalue weighted by atomic mass is 9.92. The minimum absolute atomic E-state index is 0.706. The smallest absolute Gasteiger partial charge is 0.120 e. The Hall–Kier alpha value is -0.850.